The molecule has 1 fully saturated rings. The minimum atomic E-state index is -0.258. The van der Waals surface area contributed by atoms with Gasteiger partial charge >= 0.3 is 5.69 Å². The molecule has 1 saturated heterocycles. The number of halogens is 2. The summed E-state index contributed by atoms with van der Waals surface area (Å²) in [4.78, 5) is 32.1. The van der Waals surface area contributed by atoms with Gasteiger partial charge in [-0.25, -0.2) is 9.47 Å². The highest BCUT2D eigenvalue weighted by molar-refractivity contribution is 8.00. The number of benzene rings is 1. The van der Waals surface area contributed by atoms with E-state index in [1.54, 1.807) is 22.9 Å². The van der Waals surface area contributed by atoms with Crippen molar-refractivity contribution in [1.29, 1.82) is 0 Å². The Morgan fingerprint density at radius 1 is 1.16 bits per heavy atom. The Kier molecular flexibility index (Phi) is 7.11. The molecule has 7 nitrogen and oxygen atoms in total. The number of aromatic nitrogens is 2. The van der Waals surface area contributed by atoms with Gasteiger partial charge in [0.2, 0.25) is 5.91 Å². The van der Waals surface area contributed by atoms with Crippen LogP contribution in [0.15, 0.2) is 28.0 Å². The quantitative estimate of drug-likeness (QED) is 0.522. The number of rotatable bonds is 5. The maximum absolute atomic E-state index is 13.0. The molecule has 2 heterocycles. The maximum atomic E-state index is 13.0. The molecule has 0 bridgehead atoms. The van der Waals surface area contributed by atoms with Crippen molar-refractivity contribution in [1.82, 2.24) is 14.6 Å². The predicted octanol–water partition coefficient (Wildman–Crippen LogP) is 3.04. The lowest BCUT2D eigenvalue weighted by Gasteiger charge is -2.37. The molecule has 1 N–H and O–H groups in total. The van der Waals surface area contributed by atoms with Gasteiger partial charge in [0.1, 0.15) is 5.03 Å². The Morgan fingerprint density at radius 3 is 2.68 bits per heavy atom. The Labute approximate surface area is 195 Å². The zero-order chi connectivity index (χ0) is 22.0. The van der Waals surface area contributed by atoms with E-state index in [0.717, 1.165) is 63.1 Å². The van der Waals surface area contributed by atoms with Gasteiger partial charge in [-0.1, -0.05) is 41.0 Å². The first-order valence-corrected chi connectivity index (χ1v) is 12.1. The first-order valence-electron chi connectivity index (χ1n) is 10.4. The minimum Gasteiger partial charge on any atom is -0.324 e. The topological polar surface area (TPSA) is 70.5 Å². The average Bonchev–Trinajstić information content (AvgIpc) is 2.76. The van der Waals surface area contributed by atoms with Crippen LogP contribution in [0.4, 0.5) is 5.69 Å². The SMILES string of the molecule is CN1CCN(n2c3c(c(SCC(=O)Nc4cccc(Cl)c4Cl)nc2=O)CCCC3)CC1. The van der Waals surface area contributed by atoms with Crippen LogP contribution in [0.1, 0.15) is 24.1 Å². The van der Waals surface area contributed by atoms with Gasteiger partial charge in [-0.05, 0) is 44.9 Å². The molecule has 0 unspecified atom stereocenters. The largest absolute Gasteiger partial charge is 0.367 e. The second-order valence-electron chi connectivity index (χ2n) is 7.84. The molecule has 0 spiro atoms. The Hall–Kier alpha value is -1.74. The smallest absolute Gasteiger partial charge is 0.324 e. The van der Waals surface area contributed by atoms with Crippen molar-refractivity contribution in [3.8, 4) is 0 Å². The van der Waals surface area contributed by atoms with Crippen LogP contribution < -0.4 is 16.0 Å². The number of hydrogen-bond donors (Lipinski definition) is 1. The molecule has 1 amide bonds. The molecule has 2 aliphatic rings. The molecule has 1 aliphatic heterocycles. The molecule has 2 aromatic rings. The standard InChI is InChI=1S/C21H25Cl2N5O2S/c1-26-9-11-27(12-10-26)28-17-8-3-2-5-14(17)20(25-21(28)30)31-13-18(29)24-16-7-4-6-15(22)19(16)23/h4,6-7H,2-3,5,8-13H2,1H3,(H,24,29). The van der Waals surface area contributed by atoms with Gasteiger partial charge in [0, 0.05) is 31.7 Å². The first kappa shape index (κ1) is 22.5. The van der Waals surface area contributed by atoms with Gasteiger partial charge in [-0.3, -0.25) is 4.79 Å². The molecular formula is C21H25Cl2N5O2S. The summed E-state index contributed by atoms with van der Waals surface area (Å²) in [6, 6.07) is 5.10. The summed E-state index contributed by atoms with van der Waals surface area (Å²) in [5.74, 6) is -0.0796. The van der Waals surface area contributed by atoms with Crippen LogP contribution in [0, 0.1) is 0 Å². The Balaban J connectivity index is 1.52. The summed E-state index contributed by atoms with van der Waals surface area (Å²) in [7, 11) is 2.09. The lowest BCUT2D eigenvalue weighted by atomic mass is 9.97. The fraction of sp³-hybridized carbons (Fsp3) is 0.476. The molecule has 0 radical (unpaired) electrons. The number of likely N-dealkylation sites (N-methyl/N-ethyl adjacent to an activating group) is 1. The Morgan fingerprint density at radius 2 is 1.90 bits per heavy atom. The second kappa shape index (κ2) is 9.81. The predicted molar refractivity (Wildman–Crippen MR) is 126 cm³/mol. The number of carbonyl (C=O) groups excluding carboxylic acids is 1. The van der Waals surface area contributed by atoms with Crippen LogP contribution in [0.3, 0.4) is 0 Å². The van der Waals surface area contributed by atoms with Gasteiger partial charge in [0.15, 0.2) is 0 Å². The molecule has 1 aromatic carbocycles. The monoisotopic (exact) mass is 481 g/mol. The molecule has 0 atom stereocenters. The molecule has 0 saturated carbocycles. The van der Waals surface area contributed by atoms with E-state index in [9.17, 15) is 9.59 Å². The van der Waals surface area contributed by atoms with Crippen molar-refractivity contribution in [3.63, 3.8) is 0 Å². The minimum absolute atomic E-state index is 0.139. The Bertz CT molecular complexity index is 1040. The summed E-state index contributed by atoms with van der Waals surface area (Å²) in [5.41, 5.74) is 2.37. The highest BCUT2D eigenvalue weighted by atomic mass is 35.5. The average molecular weight is 482 g/mol. The number of hydrogen-bond acceptors (Lipinski definition) is 6. The molecule has 31 heavy (non-hydrogen) atoms. The van der Waals surface area contributed by atoms with E-state index in [0.29, 0.717) is 20.8 Å². The number of piperazine rings is 1. The molecule has 166 valence electrons. The van der Waals surface area contributed by atoms with Crippen molar-refractivity contribution in [3.05, 3.63) is 50.0 Å². The van der Waals surface area contributed by atoms with E-state index in [4.69, 9.17) is 23.2 Å². The maximum Gasteiger partial charge on any atom is 0.367 e. The number of thioether (sulfide) groups is 1. The lowest BCUT2D eigenvalue weighted by molar-refractivity contribution is -0.113. The second-order valence-corrected chi connectivity index (χ2v) is 9.59. The lowest BCUT2D eigenvalue weighted by Crippen LogP contribution is -2.54. The normalized spacial score (nSPS) is 16.8. The van der Waals surface area contributed by atoms with Crippen molar-refractivity contribution in [2.75, 3.05) is 49.3 Å². The van der Waals surface area contributed by atoms with Gasteiger partial charge < -0.3 is 15.2 Å². The zero-order valence-corrected chi connectivity index (χ0v) is 19.7. The van der Waals surface area contributed by atoms with Gasteiger partial charge in [0.25, 0.3) is 0 Å². The number of nitrogens with zero attached hydrogens (tertiary/aromatic N) is 4. The number of anilines is 1. The summed E-state index contributed by atoms with van der Waals surface area (Å²) in [6.07, 6.45) is 3.85. The van der Waals surface area contributed by atoms with Crippen molar-refractivity contribution < 1.29 is 4.79 Å². The zero-order valence-electron chi connectivity index (χ0n) is 17.4. The van der Waals surface area contributed by atoms with E-state index in [1.807, 2.05) is 0 Å². The third-order valence-corrected chi connectivity index (χ3v) is 7.50. The van der Waals surface area contributed by atoms with E-state index in [1.165, 1.54) is 11.8 Å². The van der Waals surface area contributed by atoms with Crippen LogP contribution in [-0.4, -0.2) is 59.4 Å². The van der Waals surface area contributed by atoms with Crippen molar-refractivity contribution in [2.24, 2.45) is 0 Å². The van der Waals surface area contributed by atoms with Gasteiger partial charge in [0.05, 0.1) is 27.2 Å². The van der Waals surface area contributed by atoms with Crippen LogP contribution in [0.25, 0.3) is 0 Å². The third kappa shape index (κ3) is 5.03. The molecular weight excluding hydrogens is 457 g/mol. The first-order chi connectivity index (χ1) is 14.9. The summed E-state index contributed by atoms with van der Waals surface area (Å²) in [6.45, 7) is 3.45. The summed E-state index contributed by atoms with van der Waals surface area (Å²) in [5, 5.41) is 6.26. The van der Waals surface area contributed by atoms with E-state index < -0.39 is 0 Å². The fourth-order valence-corrected chi connectivity index (χ4v) is 5.22. The van der Waals surface area contributed by atoms with Crippen molar-refractivity contribution >= 4 is 46.6 Å². The number of amides is 1. The van der Waals surface area contributed by atoms with Crippen LogP contribution in [0.2, 0.25) is 10.0 Å². The highest BCUT2D eigenvalue weighted by Gasteiger charge is 2.25. The summed E-state index contributed by atoms with van der Waals surface area (Å²) < 4.78 is 1.79. The molecule has 10 heteroatoms. The number of nitrogens with one attached hydrogen (secondary N) is 1. The molecule has 1 aliphatic carbocycles. The van der Waals surface area contributed by atoms with Gasteiger partial charge in [-0.2, -0.15) is 4.98 Å². The van der Waals surface area contributed by atoms with E-state index in [2.05, 4.69) is 27.3 Å². The van der Waals surface area contributed by atoms with Crippen LogP contribution in [-0.2, 0) is 17.6 Å². The van der Waals surface area contributed by atoms with Crippen LogP contribution >= 0.6 is 35.0 Å². The third-order valence-electron chi connectivity index (χ3n) is 5.66. The van der Waals surface area contributed by atoms with E-state index >= 15 is 0 Å². The van der Waals surface area contributed by atoms with E-state index in [-0.39, 0.29) is 17.3 Å². The molecule has 1 aromatic heterocycles. The fourth-order valence-electron chi connectivity index (χ4n) is 4.00. The van der Waals surface area contributed by atoms with Crippen molar-refractivity contribution in [2.45, 2.75) is 30.7 Å². The number of fused-ring (bicyclic) bond motifs is 1. The highest BCUT2D eigenvalue weighted by Crippen LogP contribution is 2.31. The molecule has 4 rings (SSSR count). The van der Waals surface area contributed by atoms with Gasteiger partial charge in [-0.15, -0.1) is 0 Å². The summed E-state index contributed by atoms with van der Waals surface area (Å²) >= 11 is 13.5. The van der Waals surface area contributed by atoms with Crippen LogP contribution in [0.5, 0.6) is 0 Å². The number of carbonyl (C=O) groups is 1.